The SMILES string of the molecule is CCCC[C@]1(CC)CSc2ccc(N3CCCC3)cc2[C@@H](c2ccc(F)cc2)[C@H]1O. The summed E-state index contributed by atoms with van der Waals surface area (Å²) in [4.78, 5) is 3.71. The first kappa shape index (κ1) is 21.7. The molecular weight excluding hydrogens is 393 g/mol. The number of aliphatic hydroxyl groups excluding tert-OH is 1. The number of fused-ring (bicyclic) bond motifs is 1. The van der Waals surface area contributed by atoms with Gasteiger partial charge in [-0.2, -0.15) is 0 Å². The van der Waals surface area contributed by atoms with Crippen molar-refractivity contribution < 1.29 is 9.50 Å². The van der Waals surface area contributed by atoms with Crippen LogP contribution in [0.2, 0.25) is 0 Å². The largest absolute Gasteiger partial charge is 0.392 e. The Morgan fingerprint density at radius 1 is 1.10 bits per heavy atom. The normalized spacial score (nSPS) is 26.5. The third-order valence-electron chi connectivity index (χ3n) is 7.22. The van der Waals surface area contributed by atoms with E-state index in [-0.39, 0.29) is 17.2 Å². The van der Waals surface area contributed by atoms with Crippen LogP contribution in [-0.4, -0.2) is 30.1 Å². The molecule has 30 heavy (non-hydrogen) atoms. The Balaban J connectivity index is 1.81. The quantitative estimate of drug-likeness (QED) is 0.561. The summed E-state index contributed by atoms with van der Waals surface area (Å²) in [6.07, 6.45) is 6.23. The third kappa shape index (κ3) is 4.13. The molecule has 1 fully saturated rings. The lowest BCUT2D eigenvalue weighted by atomic mass is 9.69. The van der Waals surface area contributed by atoms with E-state index in [4.69, 9.17) is 0 Å². The lowest BCUT2D eigenvalue weighted by Crippen LogP contribution is -2.40. The highest BCUT2D eigenvalue weighted by atomic mass is 32.2. The Labute approximate surface area is 184 Å². The van der Waals surface area contributed by atoms with Gasteiger partial charge in [0.1, 0.15) is 5.82 Å². The Morgan fingerprint density at radius 2 is 1.83 bits per heavy atom. The van der Waals surface area contributed by atoms with Gasteiger partial charge in [-0.25, -0.2) is 4.39 Å². The highest BCUT2D eigenvalue weighted by Crippen LogP contribution is 2.51. The van der Waals surface area contributed by atoms with E-state index in [1.165, 1.54) is 41.1 Å². The maximum absolute atomic E-state index is 13.7. The van der Waals surface area contributed by atoms with E-state index in [0.29, 0.717) is 0 Å². The van der Waals surface area contributed by atoms with Crippen molar-refractivity contribution in [2.45, 2.75) is 69.3 Å². The Kier molecular flexibility index (Phi) is 6.74. The number of benzene rings is 2. The summed E-state index contributed by atoms with van der Waals surface area (Å²) in [5.74, 6) is 0.572. The molecule has 2 aromatic carbocycles. The van der Waals surface area contributed by atoms with E-state index >= 15 is 0 Å². The first-order valence-electron chi connectivity index (χ1n) is 11.5. The van der Waals surface area contributed by atoms with Gasteiger partial charge in [0.25, 0.3) is 0 Å². The monoisotopic (exact) mass is 427 g/mol. The summed E-state index contributed by atoms with van der Waals surface area (Å²) in [5.41, 5.74) is 3.34. The molecule has 2 aliphatic heterocycles. The van der Waals surface area contributed by atoms with Crippen molar-refractivity contribution in [3.63, 3.8) is 0 Å². The van der Waals surface area contributed by atoms with Gasteiger partial charge in [0, 0.05) is 40.8 Å². The lowest BCUT2D eigenvalue weighted by Gasteiger charge is -2.40. The minimum atomic E-state index is -0.484. The third-order valence-corrected chi connectivity index (χ3v) is 8.62. The van der Waals surface area contributed by atoms with Crippen LogP contribution in [0.3, 0.4) is 0 Å². The Morgan fingerprint density at radius 3 is 2.50 bits per heavy atom. The van der Waals surface area contributed by atoms with E-state index in [1.807, 2.05) is 23.9 Å². The molecule has 0 amide bonds. The van der Waals surface area contributed by atoms with Crippen LogP contribution in [0.25, 0.3) is 0 Å². The molecule has 0 spiro atoms. The molecule has 4 rings (SSSR count). The molecule has 3 atom stereocenters. The molecule has 2 aromatic rings. The van der Waals surface area contributed by atoms with Gasteiger partial charge in [-0.05, 0) is 67.1 Å². The number of unbranched alkanes of at least 4 members (excludes halogenated alkanes) is 1. The highest BCUT2D eigenvalue weighted by Gasteiger charge is 2.44. The van der Waals surface area contributed by atoms with Gasteiger partial charge in [0.05, 0.1) is 6.10 Å². The topological polar surface area (TPSA) is 23.5 Å². The molecular formula is C26H34FNOS. The fraction of sp³-hybridized carbons (Fsp3) is 0.538. The number of halogens is 1. The minimum absolute atomic E-state index is 0.130. The van der Waals surface area contributed by atoms with Crippen LogP contribution in [0.1, 0.15) is 69.4 Å². The first-order valence-corrected chi connectivity index (χ1v) is 12.5. The second-order valence-electron chi connectivity index (χ2n) is 9.00. The number of thioether (sulfide) groups is 1. The summed E-state index contributed by atoms with van der Waals surface area (Å²) >= 11 is 1.90. The zero-order valence-corrected chi connectivity index (χ0v) is 19.1. The van der Waals surface area contributed by atoms with E-state index in [2.05, 4.69) is 36.9 Å². The summed E-state index contributed by atoms with van der Waals surface area (Å²) in [7, 11) is 0. The van der Waals surface area contributed by atoms with E-state index < -0.39 is 6.10 Å². The van der Waals surface area contributed by atoms with Gasteiger partial charge in [-0.15, -0.1) is 11.8 Å². The fourth-order valence-corrected chi connectivity index (χ4v) is 6.66. The number of rotatable bonds is 6. The van der Waals surface area contributed by atoms with Crippen LogP contribution >= 0.6 is 11.8 Å². The van der Waals surface area contributed by atoms with Crippen LogP contribution in [0.15, 0.2) is 47.4 Å². The van der Waals surface area contributed by atoms with Crippen molar-refractivity contribution in [3.05, 3.63) is 59.4 Å². The molecule has 162 valence electrons. The van der Waals surface area contributed by atoms with Gasteiger partial charge in [-0.3, -0.25) is 0 Å². The second kappa shape index (κ2) is 9.32. The molecule has 0 aliphatic carbocycles. The summed E-state index contributed by atoms with van der Waals surface area (Å²) < 4.78 is 13.7. The zero-order chi connectivity index (χ0) is 21.1. The van der Waals surface area contributed by atoms with Crippen molar-refractivity contribution in [2.75, 3.05) is 23.7 Å². The van der Waals surface area contributed by atoms with Gasteiger partial charge < -0.3 is 10.0 Å². The smallest absolute Gasteiger partial charge is 0.123 e. The number of nitrogens with zero attached hydrogens (tertiary/aromatic N) is 1. The first-order chi connectivity index (χ1) is 14.6. The zero-order valence-electron chi connectivity index (χ0n) is 18.2. The molecule has 2 heterocycles. The second-order valence-corrected chi connectivity index (χ2v) is 10.0. The molecule has 2 nitrogen and oxygen atoms in total. The van der Waals surface area contributed by atoms with Gasteiger partial charge in [0.15, 0.2) is 0 Å². The van der Waals surface area contributed by atoms with Crippen molar-refractivity contribution in [3.8, 4) is 0 Å². The van der Waals surface area contributed by atoms with Gasteiger partial charge >= 0.3 is 0 Å². The molecule has 1 N–H and O–H groups in total. The van der Waals surface area contributed by atoms with Crippen molar-refractivity contribution in [2.24, 2.45) is 5.41 Å². The predicted molar refractivity (Wildman–Crippen MR) is 125 cm³/mol. The van der Waals surface area contributed by atoms with Crippen LogP contribution in [-0.2, 0) is 0 Å². The van der Waals surface area contributed by atoms with Crippen LogP contribution in [0.5, 0.6) is 0 Å². The van der Waals surface area contributed by atoms with Crippen LogP contribution in [0, 0.1) is 11.2 Å². The van der Waals surface area contributed by atoms with Gasteiger partial charge in [-0.1, -0.05) is 38.8 Å². The van der Waals surface area contributed by atoms with E-state index in [1.54, 1.807) is 0 Å². The number of hydrogen-bond donors (Lipinski definition) is 1. The lowest BCUT2D eigenvalue weighted by molar-refractivity contribution is 0.0182. The van der Waals surface area contributed by atoms with Crippen molar-refractivity contribution in [1.82, 2.24) is 0 Å². The highest BCUT2D eigenvalue weighted by molar-refractivity contribution is 7.99. The predicted octanol–water partition coefficient (Wildman–Crippen LogP) is 6.61. The standard InChI is InChI=1S/C26H34FNOS/c1-3-5-14-26(4-2)18-30-23-13-12-21(28-15-6-7-16-28)17-22(23)24(25(26)29)19-8-10-20(27)11-9-19/h8-13,17,24-25,29H,3-7,14-16,18H2,1-2H3/t24-,25-,26-/m1/s1. The van der Waals surface area contributed by atoms with Crippen LogP contribution in [0.4, 0.5) is 10.1 Å². The van der Waals surface area contributed by atoms with Crippen LogP contribution < -0.4 is 4.90 Å². The minimum Gasteiger partial charge on any atom is -0.392 e. The van der Waals surface area contributed by atoms with E-state index in [0.717, 1.165) is 50.1 Å². The Bertz CT molecular complexity index is 849. The van der Waals surface area contributed by atoms with Crippen molar-refractivity contribution >= 4 is 17.4 Å². The van der Waals surface area contributed by atoms with Gasteiger partial charge in [0.2, 0.25) is 0 Å². The Hall–Kier alpha value is -1.52. The number of anilines is 1. The summed E-state index contributed by atoms with van der Waals surface area (Å²) in [6, 6.07) is 13.6. The fourth-order valence-electron chi connectivity index (χ4n) is 5.18. The summed E-state index contributed by atoms with van der Waals surface area (Å²) in [5, 5.41) is 11.9. The molecule has 0 unspecified atom stereocenters. The molecule has 0 radical (unpaired) electrons. The molecule has 0 bridgehead atoms. The molecule has 0 saturated carbocycles. The average Bonchev–Trinajstić information content (AvgIpc) is 3.27. The molecule has 0 aromatic heterocycles. The maximum atomic E-state index is 13.7. The number of hydrogen-bond acceptors (Lipinski definition) is 3. The summed E-state index contributed by atoms with van der Waals surface area (Å²) in [6.45, 7) is 6.64. The molecule has 2 aliphatic rings. The van der Waals surface area contributed by atoms with Crippen molar-refractivity contribution in [1.29, 1.82) is 0 Å². The number of aliphatic hydroxyl groups is 1. The average molecular weight is 428 g/mol. The molecule has 4 heteroatoms. The molecule has 1 saturated heterocycles. The van der Waals surface area contributed by atoms with E-state index in [9.17, 15) is 9.50 Å². The maximum Gasteiger partial charge on any atom is 0.123 e.